The van der Waals surface area contributed by atoms with Gasteiger partial charge in [0.15, 0.2) is 0 Å². The van der Waals surface area contributed by atoms with Crippen LogP contribution >= 0.6 is 11.6 Å². The van der Waals surface area contributed by atoms with E-state index in [9.17, 15) is 9.59 Å². The third kappa shape index (κ3) is 4.61. The van der Waals surface area contributed by atoms with Gasteiger partial charge in [0.1, 0.15) is 6.54 Å². The molecule has 0 bridgehead atoms. The highest BCUT2D eigenvalue weighted by molar-refractivity contribution is 6.30. The van der Waals surface area contributed by atoms with Gasteiger partial charge in [-0.05, 0) is 24.6 Å². The molecule has 0 aliphatic carbocycles. The Morgan fingerprint density at radius 1 is 1.48 bits per heavy atom. The Morgan fingerprint density at radius 3 is 2.90 bits per heavy atom. The molecule has 7 heteroatoms. The predicted octanol–water partition coefficient (Wildman–Crippen LogP) is 1.98. The van der Waals surface area contributed by atoms with Crippen molar-refractivity contribution in [3.05, 3.63) is 29.3 Å². The average molecular weight is 313 g/mol. The number of carbonyl (C=O) groups excluding carboxylic acids is 1. The molecule has 0 aromatic heterocycles. The maximum Gasteiger partial charge on any atom is 0.323 e. The first kappa shape index (κ1) is 15.6. The molecule has 2 rings (SSSR count). The van der Waals surface area contributed by atoms with Crippen LogP contribution in [0.4, 0.5) is 10.5 Å². The second kappa shape index (κ2) is 7.28. The highest BCUT2D eigenvalue weighted by Crippen LogP contribution is 2.19. The SMILES string of the molecule is O=C(O)CN(C(=O)NCC1CCOC1)c1cccc(Cl)c1. The van der Waals surface area contributed by atoms with Crippen molar-refractivity contribution >= 4 is 29.3 Å². The number of ether oxygens (including phenoxy) is 1. The number of carbonyl (C=O) groups is 2. The van der Waals surface area contributed by atoms with Gasteiger partial charge in [-0.3, -0.25) is 9.69 Å². The van der Waals surface area contributed by atoms with Crippen LogP contribution in [0.3, 0.4) is 0 Å². The number of aliphatic carboxylic acids is 1. The quantitative estimate of drug-likeness (QED) is 0.871. The first-order valence-corrected chi connectivity index (χ1v) is 7.04. The lowest BCUT2D eigenvalue weighted by molar-refractivity contribution is -0.135. The van der Waals surface area contributed by atoms with Crippen molar-refractivity contribution < 1.29 is 19.4 Å². The van der Waals surface area contributed by atoms with Gasteiger partial charge in [0, 0.05) is 29.8 Å². The summed E-state index contributed by atoms with van der Waals surface area (Å²) in [5.74, 6) is -0.811. The molecule has 114 valence electrons. The van der Waals surface area contributed by atoms with Gasteiger partial charge < -0.3 is 15.2 Å². The summed E-state index contributed by atoms with van der Waals surface area (Å²) >= 11 is 5.89. The number of hydrogen-bond acceptors (Lipinski definition) is 3. The predicted molar refractivity (Wildman–Crippen MR) is 78.8 cm³/mol. The molecule has 1 aliphatic rings. The first-order valence-electron chi connectivity index (χ1n) is 6.66. The molecule has 0 radical (unpaired) electrons. The molecular formula is C14H17ClN2O4. The van der Waals surface area contributed by atoms with E-state index < -0.39 is 18.5 Å². The van der Waals surface area contributed by atoms with Gasteiger partial charge in [0.2, 0.25) is 0 Å². The summed E-state index contributed by atoms with van der Waals surface area (Å²) in [6.45, 7) is 1.37. The van der Waals surface area contributed by atoms with Gasteiger partial charge in [-0.2, -0.15) is 0 Å². The van der Waals surface area contributed by atoms with Gasteiger partial charge in [-0.1, -0.05) is 17.7 Å². The largest absolute Gasteiger partial charge is 0.480 e. The van der Waals surface area contributed by atoms with Gasteiger partial charge in [0.25, 0.3) is 0 Å². The third-order valence-corrected chi connectivity index (χ3v) is 3.46. The van der Waals surface area contributed by atoms with E-state index in [1.54, 1.807) is 24.3 Å². The Balaban J connectivity index is 2.03. The lowest BCUT2D eigenvalue weighted by Crippen LogP contribution is -2.44. The normalized spacial score (nSPS) is 17.5. The standard InChI is InChI=1S/C14H17ClN2O4/c15-11-2-1-3-12(6-11)17(8-13(18)19)14(20)16-7-10-4-5-21-9-10/h1-3,6,10H,4-5,7-9H2,(H,16,20)(H,18,19). The molecule has 1 unspecified atom stereocenters. The maximum atomic E-state index is 12.2. The summed E-state index contributed by atoms with van der Waals surface area (Å²) in [4.78, 5) is 24.3. The Hall–Kier alpha value is -1.79. The zero-order chi connectivity index (χ0) is 15.2. The molecule has 1 saturated heterocycles. The van der Waals surface area contributed by atoms with Crippen LogP contribution in [0.2, 0.25) is 5.02 Å². The van der Waals surface area contributed by atoms with Crippen LogP contribution in [0.1, 0.15) is 6.42 Å². The van der Waals surface area contributed by atoms with Crippen molar-refractivity contribution in [3.63, 3.8) is 0 Å². The van der Waals surface area contributed by atoms with E-state index in [0.717, 1.165) is 11.3 Å². The number of nitrogens with one attached hydrogen (secondary N) is 1. The van der Waals surface area contributed by atoms with Crippen molar-refractivity contribution in [1.82, 2.24) is 5.32 Å². The number of hydrogen-bond donors (Lipinski definition) is 2. The van der Waals surface area contributed by atoms with Gasteiger partial charge in [0.05, 0.1) is 6.61 Å². The molecular weight excluding hydrogens is 296 g/mol. The number of carboxylic acids is 1. The summed E-state index contributed by atoms with van der Waals surface area (Å²) in [6, 6.07) is 6.09. The van der Waals surface area contributed by atoms with Crippen LogP contribution in [0.15, 0.2) is 24.3 Å². The molecule has 0 saturated carbocycles. The summed E-state index contributed by atoms with van der Waals surface area (Å²) in [6.07, 6.45) is 0.899. The number of urea groups is 1. The minimum Gasteiger partial charge on any atom is -0.480 e. The van der Waals surface area contributed by atoms with Crippen molar-refractivity contribution in [2.45, 2.75) is 6.42 Å². The summed E-state index contributed by atoms with van der Waals surface area (Å²) in [5.41, 5.74) is 0.449. The van der Waals surface area contributed by atoms with E-state index in [4.69, 9.17) is 21.4 Å². The second-order valence-electron chi connectivity index (χ2n) is 4.88. The molecule has 1 aromatic carbocycles. The van der Waals surface area contributed by atoms with Crippen LogP contribution in [0, 0.1) is 5.92 Å². The highest BCUT2D eigenvalue weighted by atomic mass is 35.5. The average Bonchev–Trinajstić information content (AvgIpc) is 2.95. The zero-order valence-electron chi connectivity index (χ0n) is 11.4. The molecule has 1 atom stereocenters. The van der Waals surface area contributed by atoms with Crippen LogP contribution in [-0.2, 0) is 9.53 Å². The van der Waals surface area contributed by atoms with E-state index in [1.807, 2.05) is 0 Å². The minimum atomic E-state index is -1.09. The van der Waals surface area contributed by atoms with Crippen LogP contribution < -0.4 is 10.2 Å². The number of rotatable bonds is 5. The van der Waals surface area contributed by atoms with Gasteiger partial charge in [-0.25, -0.2) is 4.79 Å². The fraction of sp³-hybridized carbons (Fsp3) is 0.429. The second-order valence-corrected chi connectivity index (χ2v) is 5.31. The van der Waals surface area contributed by atoms with Crippen molar-refractivity contribution in [2.75, 3.05) is 31.2 Å². The topological polar surface area (TPSA) is 78.9 Å². The van der Waals surface area contributed by atoms with Crippen molar-refractivity contribution in [3.8, 4) is 0 Å². The van der Waals surface area contributed by atoms with E-state index >= 15 is 0 Å². The highest BCUT2D eigenvalue weighted by Gasteiger charge is 2.21. The van der Waals surface area contributed by atoms with Crippen LogP contribution in [-0.4, -0.2) is 43.4 Å². The molecule has 6 nitrogen and oxygen atoms in total. The lowest BCUT2D eigenvalue weighted by atomic mass is 10.1. The Morgan fingerprint density at radius 2 is 2.29 bits per heavy atom. The van der Waals surface area contributed by atoms with Crippen LogP contribution in [0.25, 0.3) is 0 Å². The fourth-order valence-electron chi connectivity index (χ4n) is 2.13. The fourth-order valence-corrected chi connectivity index (χ4v) is 2.32. The summed E-state index contributed by atoms with van der Waals surface area (Å²) in [7, 11) is 0. The number of carboxylic acid groups (broad SMARTS) is 1. The van der Waals surface area contributed by atoms with Gasteiger partial charge in [-0.15, -0.1) is 0 Å². The van der Waals surface area contributed by atoms with Crippen LogP contribution in [0.5, 0.6) is 0 Å². The molecule has 1 heterocycles. The smallest absolute Gasteiger partial charge is 0.323 e. The summed E-state index contributed by atoms with van der Waals surface area (Å²) in [5, 5.41) is 12.2. The molecule has 1 fully saturated rings. The number of nitrogens with zero attached hydrogens (tertiary/aromatic N) is 1. The Kier molecular flexibility index (Phi) is 5.41. The molecule has 0 spiro atoms. The third-order valence-electron chi connectivity index (χ3n) is 3.22. The molecule has 1 aliphatic heterocycles. The maximum absolute atomic E-state index is 12.2. The minimum absolute atomic E-state index is 0.278. The molecule has 2 amide bonds. The molecule has 1 aromatic rings. The molecule has 21 heavy (non-hydrogen) atoms. The van der Waals surface area contributed by atoms with Gasteiger partial charge >= 0.3 is 12.0 Å². The van der Waals surface area contributed by atoms with E-state index in [0.29, 0.717) is 30.5 Å². The molecule has 2 N–H and O–H groups in total. The van der Waals surface area contributed by atoms with Crippen molar-refractivity contribution in [2.24, 2.45) is 5.92 Å². The van der Waals surface area contributed by atoms with Crippen molar-refractivity contribution in [1.29, 1.82) is 0 Å². The Labute approximate surface area is 127 Å². The number of anilines is 1. The van der Waals surface area contributed by atoms with E-state index in [1.165, 1.54) is 0 Å². The summed E-state index contributed by atoms with van der Waals surface area (Å²) < 4.78 is 5.24. The lowest BCUT2D eigenvalue weighted by Gasteiger charge is -2.22. The Bertz CT molecular complexity index is 517. The monoisotopic (exact) mass is 312 g/mol. The van der Waals surface area contributed by atoms with E-state index in [-0.39, 0.29) is 5.92 Å². The number of benzene rings is 1. The number of amides is 2. The zero-order valence-corrected chi connectivity index (χ0v) is 12.2. The van der Waals surface area contributed by atoms with E-state index in [2.05, 4.69) is 5.32 Å². The number of halogens is 1. The first-order chi connectivity index (χ1) is 10.1.